The Balaban J connectivity index is 1.66. The molecule has 2 aromatic heterocycles. The van der Waals surface area contributed by atoms with Crippen molar-refractivity contribution in [2.75, 3.05) is 5.32 Å². The lowest BCUT2D eigenvalue weighted by Crippen LogP contribution is -1.96. The number of nitrogens with zero attached hydrogens (tertiary/aromatic N) is 1. The Labute approximate surface area is 137 Å². The highest BCUT2D eigenvalue weighted by atomic mass is 79.9. The van der Waals surface area contributed by atoms with E-state index in [1.165, 1.54) is 4.88 Å². The average molecular weight is 413 g/mol. The van der Waals surface area contributed by atoms with E-state index >= 15 is 0 Å². The largest absolute Gasteiger partial charge is 0.380 e. The number of nitrogens with one attached hydrogen (secondary N) is 2. The van der Waals surface area contributed by atoms with Gasteiger partial charge in [0, 0.05) is 27.8 Å². The van der Waals surface area contributed by atoms with E-state index in [0.29, 0.717) is 0 Å². The highest BCUT2D eigenvalue weighted by Crippen LogP contribution is 2.32. The van der Waals surface area contributed by atoms with Crippen LogP contribution < -0.4 is 5.32 Å². The van der Waals surface area contributed by atoms with Gasteiger partial charge in [-0.1, -0.05) is 12.1 Å². The minimum absolute atomic E-state index is 0.818. The smallest absolute Gasteiger partial charge is 0.0843 e. The third-order valence-electron chi connectivity index (χ3n) is 2.86. The highest BCUT2D eigenvalue weighted by molar-refractivity contribution is 9.13. The van der Waals surface area contributed by atoms with Crippen molar-refractivity contribution in [3.63, 3.8) is 0 Å². The fourth-order valence-corrected chi connectivity index (χ4v) is 3.97. The normalized spacial score (nSPS) is 10.7. The van der Waals surface area contributed by atoms with Gasteiger partial charge in [-0.2, -0.15) is 5.10 Å². The third-order valence-corrected chi connectivity index (χ3v) is 6.12. The zero-order valence-electron chi connectivity index (χ0n) is 10.4. The molecule has 0 spiro atoms. The number of rotatable bonds is 4. The molecule has 0 aliphatic rings. The van der Waals surface area contributed by atoms with Gasteiger partial charge in [-0.3, -0.25) is 5.10 Å². The van der Waals surface area contributed by atoms with Gasteiger partial charge in [-0.15, -0.1) is 11.3 Å². The summed E-state index contributed by atoms with van der Waals surface area (Å²) in [4.78, 5) is 1.28. The lowest BCUT2D eigenvalue weighted by molar-refractivity contribution is 1.09. The van der Waals surface area contributed by atoms with Crippen molar-refractivity contribution >= 4 is 48.9 Å². The molecule has 20 heavy (non-hydrogen) atoms. The molecule has 102 valence electrons. The van der Waals surface area contributed by atoms with Crippen LogP contribution in [0.1, 0.15) is 4.88 Å². The number of hydrogen-bond donors (Lipinski definition) is 2. The molecule has 0 unspecified atom stereocenters. The van der Waals surface area contributed by atoms with E-state index in [0.717, 1.165) is 31.7 Å². The number of halogens is 2. The molecule has 2 heterocycles. The summed E-state index contributed by atoms with van der Waals surface area (Å²) < 4.78 is 2.23. The topological polar surface area (TPSA) is 40.7 Å². The van der Waals surface area contributed by atoms with E-state index in [1.807, 2.05) is 6.07 Å². The molecule has 0 aliphatic carbocycles. The Morgan fingerprint density at radius 2 is 1.95 bits per heavy atom. The van der Waals surface area contributed by atoms with Crippen molar-refractivity contribution in [2.24, 2.45) is 0 Å². The Hall–Kier alpha value is -1.11. The number of H-pyrrole nitrogens is 1. The molecule has 0 saturated heterocycles. The van der Waals surface area contributed by atoms with Gasteiger partial charge in [-0.05, 0) is 61.7 Å². The van der Waals surface area contributed by atoms with Gasteiger partial charge >= 0.3 is 0 Å². The van der Waals surface area contributed by atoms with Gasteiger partial charge in [0.15, 0.2) is 0 Å². The van der Waals surface area contributed by atoms with E-state index < -0.39 is 0 Å². The van der Waals surface area contributed by atoms with Crippen LogP contribution in [0.2, 0.25) is 0 Å². The first kappa shape index (κ1) is 13.9. The van der Waals surface area contributed by atoms with Crippen molar-refractivity contribution in [3.05, 3.63) is 55.7 Å². The van der Waals surface area contributed by atoms with Crippen LogP contribution in [0.4, 0.5) is 5.69 Å². The van der Waals surface area contributed by atoms with E-state index in [9.17, 15) is 0 Å². The minimum Gasteiger partial charge on any atom is -0.380 e. The molecule has 0 amide bonds. The van der Waals surface area contributed by atoms with Crippen LogP contribution in [0, 0.1) is 0 Å². The van der Waals surface area contributed by atoms with Crippen LogP contribution >= 0.6 is 43.2 Å². The zero-order valence-corrected chi connectivity index (χ0v) is 14.3. The Kier molecular flexibility index (Phi) is 4.24. The molecule has 0 radical (unpaired) electrons. The molecule has 3 nitrogen and oxygen atoms in total. The quantitative estimate of drug-likeness (QED) is 0.612. The molecule has 0 aliphatic heterocycles. The van der Waals surface area contributed by atoms with E-state index in [4.69, 9.17) is 0 Å². The Bertz CT molecular complexity index is 670. The number of hydrogen-bond acceptors (Lipinski definition) is 3. The van der Waals surface area contributed by atoms with Crippen molar-refractivity contribution in [2.45, 2.75) is 6.54 Å². The van der Waals surface area contributed by atoms with Crippen LogP contribution in [-0.2, 0) is 6.54 Å². The van der Waals surface area contributed by atoms with Crippen LogP contribution in [0.15, 0.2) is 50.9 Å². The van der Waals surface area contributed by atoms with Gasteiger partial charge in [-0.25, -0.2) is 0 Å². The monoisotopic (exact) mass is 411 g/mol. The summed E-state index contributed by atoms with van der Waals surface area (Å²) in [6.45, 7) is 0.818. The van der Waals surface area contributed by atoms with Gasteiger partial charge in [0.1, 0.15) is 0 Å². The first-order valence-corrected chi connectivity index (χ1v) is 8.40. The number of anilines is 1. The highest BCUT2D eigenvalue weighted by Gasteiger charge is 2.04. The third kappa shape index (κ3) is 3.13. The summed E-state index contributed by atoms with van der Waals surface area (Å²) >= 11 is 8.74. The maximum absolute atomic E-state index is 3.96. The standard InChI is InChI=1S/C14H11Br2N3S/c15-12-7-11(20-14(12)16)8-17-10-3-1-9(2-4-10)13-5-6-18-19-13/h1-7,17H,8H2,(H,18,19). The number of benzene rings is 1. The molecule has 2 N–H and O–H groups in total. The van der Waals surface area contributed by atoms with E-state index in [-0.39, 0.29) is 0 Å². The summed E-state index contributed by atoms with van der Waals surface area (Å²) in [5, 5.41) is 10.3. The number of aromatic amines is 1. The van der Waals surface area contributed by atoms with E-state index in [1.54, 1.807) is 17.5 Å². The summed E-state index contributed by atoms with van der Waals surface area (Å²) in [7, 11) is 0. The molecule has 0 bridgehead atoms. The maximum atomic E-state index is 3.96. The molecule has 0 atom stereocenters. The van der Waals surface area contributed by atoms with Crippen LogP contribution in [0.5, 0.6) is 0 Å². The molecular formula is C14H11Br2N3S. The fraction of sp³-hybridized carbons (Fsp3) is 0.0714. The van der Waals surface area contributed by atoms with Crippen LogP contribution in [0.3, 0.4) is 0 Å². The summed E-state index contributed by atoms with van der Waals surface area (Å²) in [5.41, 5.74) is 3.27. The van der Waals surface area contributed by atoms with Gasteiger partial charge in [0.2, 0.25) is 0 Å². The molecule has 0 fully saturated rings. The molecule has 3 rings (SSSR count). The average Bonchev–Trinajstić information content (AvgIpc) is 3.08. The van der Waals surface area contributed by atoms with Crippen LogP contribution in [-0.4, -0.2) is 10.2 Å². The molecular weight excluding hydrogens is 402 g/mol. The summed E-state index contributed by atoms with van der Waals surface area (Å²) in [5.74, 6) is 0. The first-order valence-electron chi connectivity index (χ1n) is 6.00. The molecule has 3 aromatic rings. The summed E-state index contributed by atoms with van der Waals surface area (Å²) in [6, 6.07) is 12.4. The van der Waals surface area contributed by atoms with Crippen molar-refractivity contribution in [1.82, 2.24) is 10.2 Å². The van der Waals surface area contributed by atoms with Crippen LogP contribution in [0.25, 0.3) is 11.3 Å². The molecule has 0 saturated carbocycles. The minimum atomic E-state index is 0.818. The Morgan fingerprint density at radius 1 is 1.15 bits per heavy atom. The van der Waals surface area contributed by atoms with Crippen molar-refractivity contribution < 1.29 is 0 Å². The predicted molar refractivity (Wildman–Crippen MR) is 91.1 cm³/mol. The van der Waals surface area contributed by atoms with Gasteiger partial charge in [0.25, 0.3) is 0 Å². The van der Waals surface area contributed by atoms with Gasteiger partial charge in [0.05, 0.1) is 9.48 Å². The second kappa shape index (κ2) is 6.11. The van der Waals surface area contributed by atoms with E-state index in [2.05, 4.69) is 77.7 Å². The summed E-state index contributed by atoms with van der Waals surface area (Å²) in [6.07, 6.45) is 1.76. The maximum Gasteiger partial charge on any atom is 0.0843 e. The molecule has 6 heteroatoms. The van der Waals surface area contributed by atoms with Crippen molar-refractivity contribution in [3.8, 4) is 11.3 Å². The Morgan fingerprint density at radius 3 is 2.55 bits per heavy atom. The second-order valence-electron chi connectivity index (χ2n) is 4.24. The fourth-order valence-electron chi connectivity index (χ4n) is 1.85. The molecule has 1 aromatic carbocycles. The predicted octanol–water partition coefficient (Wildman–Crippen LogP) is 5.28. The lowest BCUT2D eigenvalue weighted by atomic mass is 10.1. The van der Waals surface area contributed by atoms with Crippen molar-refractivity contribution in [1.29, 1.82) is 0 Å². The lowest BCUT2D eigenvalue weighted by Gasteiger charge is -2.05. The van der Waals surface area contributed by atoms with Gasteiger partial charge < -0.3 is 5.32 Å². The number of aromatic nitrogens is 2. The zero-order chi connectivity index (χ0) is 13.9. The number of thiophene rings is 1. The second-order valence-corrected chi connectivity index (χ2v) is 7.54. The SMILES string of the molecule is Brc1cc(CNc2ccc(-c3ccn[nH]3)cc2)sc1Br. The first-order chi connectivity index (χ1) is 9.72.